The van der Waals surface area contributed by atoms with E-state index >= 15 is 0 Å². The van der Waals surface area contributed by atoms with Crippen LogP contribution in [0.4, 0.5) is 0 Å². The third-order valence-electron chi connectivity index (χ3n) is 5.34. The van der Waals surface area contributed by atoms with Gasteiger partial charge in [-0.1, -0.05) is 6.92 Å². The largest absolute Gasteiger partial charge is 0.355 e. The van der Waals surface area contributed by atoms with Gasteiger partial charge in [0.05, 0.1) is 5.92 Å². The number of imidazole rings is 1. The van der Waals surface area contributed by atoms with Crippen LogP contribution >= 0.6 is 24.8 Å². The zero-order chi connectivity index (χ0) is 15.0. The van der Waals surface area contributed by atoms with Gasteiger partial charge in [-0.15, -0.1) is 24.8 Å². The Labute approximate surface area is 150 Å². The molecule has 5 atom stereocenters. The predicted molar refractivity (Wildman–Crippen MR) is 95.9 cm³/mol. The second-order valence-electron chi connectivity index (χ2n) is 6.91. The average molecular weight is 363 g/mol. The summed E-state index contributed by atoms with van der Waals surface area (Å²) in [5.74, 6) is 2.72. The SMILES string of the molecule is Cc1nccn1CC(C)CNC(=O)C1C2CCC(C2)C1N.Cl.Cl. The van der Waals surface area contributed by atoms with Crippen LogP contribution in [-0.4, -0.2) is 28.0 Å². The maximum absolute atomic E-state index is 12.4. The third kappa shape index (κ3) is 4.20. The lowest BCUT2D eigenvalue weighted by Gasteiger charge is -2.27. The Kier molecular flexibility index (Phi) is 7.36. The molecule has 3 rings (SSSR count). The molecule has 0 saturated heterocycles. The molecule has 5 nitrogen and oxygen atoms in total. The average Bonchev–Trinajstić information content (AvgIpc) is 3.13. The molecule has 2 aliphatic rings. The van der Waals surface area contributed by atoms with Crippen LogP contribution in [0.3, 0.4) is 0 Å². The second kappa shape index (κ2) is 8.36. The summed E-state index contributed by atoms with van der Waals surface area (Å²) in [6.07, 6.45) is 7.35. The van der Waals surface area contributed by atoms with E-state index in [0.29, 0.717) is 24.3 Å². The Hall–Kier alpha value is -0.780. The highest BCUT2D eigenvalue weighted by molar-refractivity contribution is 5.85. The Morgan fingerprint density at radius 1 is 1.43 bits per heavy atom. The summed E-state index contributed by atoms with van der Waals surface area (Å²) in [6.45, 7) is 5.74. The molecule has 7 heteroatoms. The van der Waals surface area contributed by atoms with E-state index in [1.165, 1.54) is 12.8 Å². The Morgan fingerprint density at radius 2 is 2.13 bits per heavy atom. The minimum Gasteiger partial charge on any atom is -0.355 e. The molecule has 23 heavy (non-hydrogen) atoms. The summed E-state index contributed by atoms with van der Waals surface area (Å²) in [4.78, 5) is 16.6. The normalized spacial score (nSPS) is 29.5. The number of nitrogens with zero attached hydrogens (tertiary/aromatic N) is 2. The Bertz CT molecular complexity index is 520. The molecule has 0 radical (unpaired) electrons. The van der Waals surface area contributed by atoms with Crippen molar-refractivity contribution in [2.75, 3.05) is 6.54 Å². The van der Waals surface area contributed by atoms with Gasteiger partial charge in [-0.25, -0.2) is 4.98 Å². The molecular weight excluding hydrogens is 335 g/mol. The van der Waals surface area contributed by atoms with Gasteiger partial charge in [-0.2, -0.15) is 0 Å². The van der Waals surface area contributed by atoms with Gasteiger partial charge >= 0.3 is 0 Å². The number of halogens is 2. The summed E-state index contributed by atoms with van der Waals surface area (Å²) in [6, 6.07) is 0.0787. The maximum Gasteiger partial charge on any atom is 0.224 e. The van der Waals surface area contributed by atoms with Crippen LogP contribution in [0.15, 0.2) is 12.4 Å². The third-order valence-corrected chi connectivity index (χ3v) is 5.34. The molecule has 0 spiro atoms. The van der Waals surface area contributed by atoms with Crippen molar-refractivity contribution in [1.29, 1.82) is 0 Å². The number of nitrogens with one attached hydrogen (secondary N) is 1. The lowest BCUT2D eigenvalue weighted by Crippen LogP contribution is -2.46. The fraction of sp³-hybridized carbons (Fsp3) is 0.750. The van der Waals surface area contributed by atoms with E-state index in [-0.39, 0.29) is 42.7 Å². The number of aromatic nitrogens is 2. The van der Waals surface area contributed by atoms with Crippen molar-refractivity contribution >= 4 is 30.7 Å². The fourth-order valence-electron chi connectivity index (χ4n) is 4.11. The fourth-order valence-corrected chi connectivity index (χ4v) is 4.11. The Balaban J connectivity index is 0.00000132. The summed E-state index contributed by atoms with van der Waals surface area (Å²) in [7, 11) is 0. The number of carbonyl (C=O) groups is 1. The van der Waals surface area contributed by atoms with Crippen LogP contribution in [0.2, 0.25) is 0 Å². The van der Waals surface area contributed by atoms with E-state index in [1.54, 1.807) is 0 Å². The van der Waals surface area contributed by atoms with Crippen molar-refractivity contribution in [3.8, 4) is 0 Å². The molecule has 0 aromatic carbocycles. The van der Waals surface area contributed by atoms with Crippen LogP contribution in [0.25, 0.3) is 0 Å². The number of hydrogen-bond acceptors (Lipinski definition) is 3. The first kappa shape index (κ1) is 20.3. The highest BCUT2D eigenvalue weighted by atomic mass is 35.5. The molecule has 132 valence electrons. The van der Waals surface area contributed by atoms with E-state index in [2.05, 4.69) is 21.8 Å². The number of fused-ring (bicyclic) bond motifs is 2. The van der Waals surface area contributed by atoms with Gasteiger partial charge in [0.2, 0.25) is 5.91 Å². The Morgan fingerprint density at radius 3 is 2.70 bits per heavy atom. The van der Waals surface area contributed by atoms with Gasteiger partial charge < -0.3 is 15.6 Å². The van der Waals surface area contributed by atoms with Gasteiger partial charge in [-0.3, -0.25) is 4.79 Å². The highest BCUT2D eigenvalue weighted by Crippen LogP contribution is 2.47. The first-order valence-electron chi connectivity index (χ1n) is 8.07. The quantitative estimate of drug-likeness (QED) is 0.842. The van der Waals surface area contributed by atoms with Gasteiger partial charge in [0.1, 0.15) is 5.82 Å². The lowest BCUT2D eigenvalue weighted by atomic mass is 9.84. The number of aryl methyl sites for hydroxylation is 1. The van der Waals surface area contributed by atoms with Crippen molar-refractivity contribution in [1.82, 2.24) is 14.9 Å². The van der Waals surface area contributed by atoms with Crippen molar-refractivity contribution in [2.24, 2.45) is 29.4 Å². The summed E-state index contributed by atoms with van der Waals surface area (Å²) >= 11 is 0. The van der Waals surface area contributed by atoms with Crippen LogP contribution < -0.4 is 11.1 Å². The molecule has 1 heterocycles. The molecule has 0 aliphatic heterocycles. The van der Waals surface area contributed by atoms with Gasteiger partial charge in [0, 0.05) is 31.5 Å². The maximum atomic E-state index is 12.4. The van der Waals surface area contributed by atoms with Crippen LogP contribution in [0.1, 0.15) is 32.0 Å². The minimum atomic E-state index is 0. The van der Waals surface area contributed by atoms with Crippen molar-refractivity contribution < 1.29 is 4.79 Å². The van der Waals surface area contributed by atoms with Gasteiger partial charge in [0.15, 0.2) is 0 Å². The molecule has 1 amide bonds. The molecular formula is C16H28Cl2N4O. The first-order valence-corrected chi connectivity index (χ1v) is 8.07. The molecule has 5 unspecified atom stereocenters. The van der Waals surface area contributed by atoms with E-state index in [0.717, 1.165) is 18.8 Å². The van der Waals surface area contributed by atoms with Gasteiger partial charge in [-0.05, 0) is 43.9 Å². The molecule has 1 aromatic rings. The van der Waals surface area contributed by atoms with E-state index in [9.17, 15) is 4.79 Å². The van der Waals surface area contributed by atoms with Crippen molar-refractivity contribution in [3.63, 3.8) is 0 Å². The lowest BCUT2D eigenvalue weighted by molar-refractivity contribution is -0.127. The number of rotatable bonds is 5. The van der Waals surface area contributed by atoms with Gasteiger partial charge in [0.25, 0.3) is 0 Å². The molecule has 2 aliphatic carbocycles. The zero-order valence-corrected chi connectivity index (χ0v) is 15.4. The number of hydrogen-bond donors (Lipinski definition) is 2. The predicted octanol–water partition coefficient (Wildman–Crippen LogP) is 2.16. The number of nitrogens with two attached hydrogens (primary N) is 1. The minimum absolute atomic E-state index is 0. The van der Waals surface area contributed by atoms with Crippen molar-refractivity contribution in [2.45, 2.75) is 45.7 Å². The van der Waals surface area contributed by atoms with E-state index in [1.807, 2.05) is 19.3 Å². The summed E-state index contributed by atoms with van der Waals surface area (Å²) < 4.78 is 2.13. The van der Waals surface area contributed by atoms with E-state index in [4.69, 9.17) is 5.73 Å². The van der Waals surface area contributed by atoms with Crippen LogP contribution in [0.5, 0.6) is 0 Å². The topological polar surface area (TPSA) is 72.9 Å². The molecule has 2 fully saturated rings. The first-order chi connectivity index (χ1) is 10.1. The van der Waals surface area contributed by atoms with E-state index < -0.39 is 0 Å². The monoisotopic (exact) mass is 362 g/mol. The van der Waals surface area contributed by atoms with Crippen LogP contribution in [-0.2, 0) is 11.3 Å². The standard InChI is InChI=1S/C16H26N4O.2ClH/c1-10(9-20-6-5-18-11(20)2)8-19-16(21)14-12-3-4-13(7-12)15(14)17;;/h5-6,10,12-15H,3-4,7-9,17H2,1-2H3,(H,19,21);2*1H. The molecule has 2 bridgehead atoms. The van der Waals surface area contributed by atoms with Crippen LogP contribution in [0, 0.1) is 30.6 Å². The second-order valence-corrected chi connectivity index (χ2v) is 6.91. The zero-order valence-electron chi connectivity index (χ0n) is 13.8. The smallest absolute Gasteiger partial charge is 0.224 e. The summed E-state index contributed by atoms with van der Waals surface area (Å²) in [5.41, 5.74) is 6.23. The molecule has 1 aromatic heterocycles. The summed E-state index contributed by atoms with van der Waals surface area (Å²) in [5, 5.41) is 3.12. The highest BCUT2D eigenvalue weighted by Gasteiger charge is 2.48. The van der Waals surface area contributed by atoms with Crippen molar-refractivity contribution in [3.05, 3.63) is 18.2 Å². The number of amides is 1. The molecule has 2 saturated carbocycles. The molecule has 3 N–H and O–H groups in total. The number of carbonyl (C=O) groups excluding carboxylic acids is 1.